The van der Waals surface area contributed by atoms with Crippen molar-refractivity contribution in [1.29, 1.82) is 10.5 Å². The molecule has 2 heterocycles. The normalized spacial score (nSPS) is 13.0. The number of nitrogens with zero attached hydrogens (tertiary/aromatic N) is 3. The molecule has 1 aromatic heterocycles. The number of ether oxygens (including phenoxy) is 1. The van der Waals surface area contributed by atoms with E-state index >= 15 is 0 Å². The summed E-state index contributed by atoms with van der Waals surface area (Å²) >= 11 is 0. The molecule has 0 N–H and O–H groups in total. The zero-order valence-electron chi connectivity index (χ0n) is 13.8. The van der Waals surface area contributed by atoms with Gasteiger partial charge in [0.15, 0.2) is 5.60 Å². The molecule has 0 saturated carbocycles. The largest absolute Gasteiger partial charge is 0.465 e. The lowest BCUT2D eigenvalue weighted by molar-refractivity contribution is 0.0253. The summed E-state index contributed by atoms with van der Waals surface area (Å²) in [4.78, 5) is 14.2. The highest BCUT2D eigenvalue weighted by Gasteiger charge is 2.36. The van der Waals surface area contributed by atoms with Gasteiger partial charge >= 0.3 is 6.09 Å². The van der Waals surface area contributed by atoms with E-state index in [2.05, 4.69) is 0 Å². The van der Waals surface area contributed by atoms with Gasteiger partial charge in [0.25, 0.3) is 0 Å². The molecule has 1 aliphatic heterocycles. The summed E-state index contributed by atoms with van der Waals surface area (Å²) in [5, 5.41) is 18.3. The predicted molar refractivity (Wildman–Crippen MR) is 90.1 cm³/mol. The fraction of sp³-hybridized carbons (Fsp3) is 0.211. The van der Waals surface area contributed by atoms with Crippen molar-refractivity contribution < 1.29 is 13.9 Å². The first-order valence-corrected chi connectivity index (χ1v) is 7.65. The van der Waals surface area contributed by atoms with Crippen molar-refractivity contribution in [1.82, 2.24) is 0 Å². The Morgan fingerprint density at radius 3 is 2.56 bits per heavy atom. The number of carbonyl (C=O) groups excluding carboxylic acids is 1. The van der Waals surface area contributed by atoms with Gasteiger partial charge in [-0.15, -0.1) is 0 Å². The molecule has 0 saturated heterocycles. The summed E-state index contributed by atoms with van der Waals surface area (Å²) in [5.41, 5.74) is 0.866. The van der Waals surface area contributed by atoms with E-state index in [0.717, 1.165) is 0 Å². The fourth-order valence-corrected chi connectivity index (χ4v) is 2.77. The molecular formula is C19H15N3O3. The zero-order chi connectivity index (χ0) is 18.0. The van der Waals surface area contributed by atoms with Crippen molar-refractivity contribution in [2.75, 3.05) is 11.4 Å². The Hall–Kier alpha value is -3.51. The molecule has 0 unspecified atom stereocenters. The van der Waals surface area contributed by atoms with Crippen LogP contribution in [0.3, 0.4) is 0 Å². The molecule has 0 fully saturated rings. The third kappa shape index (κ3) is 2.86. The molecule has 25 heavy (non-hydrogen) atoms. The first kappa shape index (κ1) is 16.4. The van der Waals surface area contributed by atoms with E-state index in [9.17, 15) is 15.3 Å². The Labute approximate surface area is 145 Å². The number of amides is 1. The summed E-state index contributed by atoms with van der Waals surface area (Å²) in [5.74, 6) is 0.527. The van der Waals surface area contributed by atoms with Crippen LogP contribution in [0.5, 0.6) is 0 Å². The Morgan fingerprint density at radius 1 is 1.20 bits per heavy atom. The molecule has 0 spiro atoms. The molecule has 1 amide bonds. The van der Waals surface area contributed by atoms with Crippen LogP contribution in [0.2, 0.25) is 0 Å². The lowest BCUT2D eigenvalue weighted by Gasteiger charge is -2.26. The van der Waals surface area contributed by atoms with E-state index in [4.69, 9.17) is 9.15 Å². The molecule has 0 aliphatic carbocycles. The van der Waals surface area contributed by atoms with Crippen LogP contribution in [0.4, 0.5) is 10.5 Å². The third-order valence-corrected chi connectivity index (χ3v) is 4.04. The lowest BCUT2D eigenvalue weighted by Crippen LogP contribution is -2.35. The van der Waals surface area contributed by atoms with Crippen molar-refractivity contribution in [2.24, 2.45) is 0 Å². The summed E-state index contributed by atoms with van der Waals surface area (Å²) < 4.78 is 11.0. The fourth-order valence-electron chi connectivity index (χ4n) is 2.77. The highest BCUT2D eigenvalue weighted by Crippen LogP contribution is 2.38. The van der Waals surface area contributed by atoms with Crippen LogP contribution >= 0.6 is 0 Å². The maximum absolute atomic E-state index is 12.7. The van der Waals surface area contributed by atoms with Crippen molar-refractivity contribution in [3.05, 3.63) is 59.6 Å². The Bertz CT molecular complexity index is 912. The SMILES string of the molecule is CC(C)(OC(=O)N1CC(=C(C#N)C#N)c2ccccc21)c1ccco1. The molecule has 1 aromatic carbocycles. The minimum absolute atomic E-state index is 0.00644. The van der Waals surface area contributed by atoms with E-state index in [0.29, 0.717) is 22.6 Å². The van der Waals surface area contributed by atoms with Crippen molar-refractivity contribution >= 4 is 17.4 Å². The number of hydrogen-bond donors (Lipinski definition) is 0. The van der Waals surface area contributed by atoms with Crippen LogP contribution in [-0.2, 0) is 10.3 Å². The van der Waals surface area contributed by atoms with Crippen molar-refractivity contribution in [3.63, 3.8) is 0 Å². The van der Waals surface area contributed by atoms with Gasteiger partial charge in [-0.3, -0.25) is 4.90 Å². The van der Waals surface area contributed by atoms with Gasteiger partial charge in [0.2, 0.25) is 0 Å². The van der Waals surface area contributed by atoms with Crippen LogP contribution in [0.15, 0.2) is 52.7 Å². The second-order valence-corrected chi connectivity index (χ2v) is 6.04. The van der Waals surface area contributed by atoms with Crippen LogP contribution in [0.25, 0.3) is 5.57 Å². The predicted octanol–water partition coefficient (Wildman–Crippen LogP) is 3.97. The molecule has 3 rings (SSSR count). The highest BCUT2D eigenvalue weighted by molar-refractivity contribution is 6.01. The van der Waals surface area contributed by atoms with Gasteiger partial charge in [-0.05, 0) is 32.0 Å². The monoisotopic (exact) mass is 333 g/mol. The maximum atomic E-state index is 12.7. The van der Waals surface area contributed by atoms with Gasteiger partial charge in [-0.25, -0.2) is 4.79 Å². The minimum Gasteiger partial charge on any atom is -0.465 e. The quantitative estimate of drug-likeness (QED) is 0.776. The molecule has 124 valence electrons. The first-order valence-electron chi connectivity index (χ1n) is 7.65. The van der Waals surface area contributed by atoms with Gasteiger partial charge in [0.05, 0.1) is 18.5 Å². The molecule has 2 aromatic rings. The van der Waals surface area contributed by atoms with Gasteiger partial charge < -0.3 is 9.15 Å². The Balaban J connectivity index is 1.94. The number of furan rings is 1. The highest BCUT2D eigenvalue weighted by atomic mass is 16.6. The van der Waals surface area contributed by atoms with Crippen LogP contribution in [0.1, 0.15) is 25.2 Å². The molecule has 0 atom stereocenters. The van der Waals surface area contributed by atoms with Crippen LogP contribution < -0.4 is 4.90 Å². The van der Waals surface area contributed by atoms with E-state index in [1.165, 1.54) is 11.2 Å². The second kappa shape index (κ2) is 6.18. The average Bonchev–Trinajstić information content (AvgIpc) is 3.24. The second-order valence-electron chi connectivity index (χ2n) is 6.04. The maximum Gasteiger partial charge on any atom is 0.415 e. The number of rotatable bonds is 2. The topological polar surface area (TPSA) is 90.3 Å². The number of hydrogen-bond acceptors (Lipinski definition) is 5. The van der Waals surface area contributed by atoms with E-state index in [1.54, 1.807) is 50.2 Å². The Kier molecular flexibility index (Phi) is 4.04. The zero-order valence-corrected chi connectivity index (χ0v) is 13.8. The van der Waals surface area contributed by atoms with Gasteiger partial charge in [-0.2, -0.15) is 10.5 Å². The summed E-state index contributed by atoms with van der Waals surface area (Å²) in [6.07, 6.45) is 0.947. The van der Waals surface area contributed by atoms with Crippen LogP contribution in [0, 0.1) is 22.7 Å². The number of para-hydroxylation sites is 1. The number of anilines is 1. The standard InChI is InChI=1S/C19H15N3O3/c1-19(2,17-8-5-9-24-17)25-18(23)22-12-15(13(10-20)11-21)14-6-3-4-7-16(14)22/h3-9H,12H2,1-2H3. The van der Waals surface area contributed by atoms with Gasteiger partial charge in [0.1, 0.15) is 23.5 Å². The first-order chi connectivity index (χ1) is 12.0. The number of benzene rings is 1. The number of fused-ring (bicyclic) bond motifs is 1. The van der Waals surface area contributed by atoms with Gasteiger partial charge in [-0.1, -0.05) is 18.2 Å². The summed E-state index contributed by atoms with van der Waals surface area (Å²) in [7, 11) is 0. The van der Waals surface area contributed by atoms with Gasteiger partial charge in [0, 0.05) is 11.1 Å². The van der Waals surface area contributed by atoms with E-state index < -0.39 is 11.7 Å². The minimum atomic E-state index is -0.949. The van der Waals surface area contributed by atoms with Crippen LogP contribution in [-0.4, -0.2) is 12.6 Å². The third-order valence-electron chi connectivity index (χ3n) is 4.04. The lowest BCUT2D eigenvalue weighted by atomic mass is 10.0. The van der Waals surface area contributed by atoms with E-state index in [1.807, 2.05) is 12.1 Å². The molecule has 0 radical (unpaired) electrons. The summed E-state index contributed by atoms with van der Waals surface area (Å²) in [6, 6.07) is 14.4. The Morgan fingerprint density at radius 2 is 1.92 bits per heavy atom. The smallest absolute Gasteiger partial charge is 0.415 e. The van der Waals surface area contributed by atoms with Crippen molar-refractivity contribution in [2.45, 2.75) is 19.4 Å². The molecule has 6 nitrogen and oxygen atoms in total. The average molecular weight is 333 g/mol. The number of nitriles is 2. The summed E-state index contributed by atoms with van der Waals surface area (Å²) in [6.45, 7) is 3.58. The molecule has 6 heteroatoms. The number of carbonyl (C=O) groups is 1. The van der Waals surface area contributed by atoms with E-state index in [-0.39, 0.29) is 12.1 Å². The molecule has 1 aliphatic rings. The number of allylic oxidation sites excluding steroid dienone is 1. The molecule has 0 bridgehead atoms. The molecular weight excluding hydrogens is 318 g/mol. The van der Waals surface area contributed by atoms with Crippen molar-refractivity contribution in [3.8, 4) is 12.1 Å².